The highest BCUT2D eigenvalue weighted by Crippen LogP contribution is 2.23. The second-order valence-corrected chi connectivity index (χ2v) is 6.36. The molecule has 1 aromatic carbocycles. The van der Waals surface area contributed by atoms with Crippen molar-refractivity contribution in [3.8, 4) is 0 Å². The number of amides is 1. The Hall–Kier alpha value is -2.70. The van der Waals surface area contributed by atoms with Crippen LogP contribution >= 0.6 is 0 Å². The lowest BCUT2D eigenvalue weighted by Gasteiger charge is -2.32. The van der Waals surface area contributed by atoms with Crippen molar-refractivity contribution in [3.63, 3.8) is 0 Å². The Morgan fingerprint density at radius 1 is 1.23 bits per heavy atom. The Balaban J connectivity index is 1.62. The number of piperidine rings is 1. The molecule has 0 bridgehead atoms. The van der Waals surface area contributed by atoms with E-state index in [0.717, 1.165) is 23.9 Å². The van der Waals surface area contributed by atoms with E-state index < -0.39 is 23.3 Å². The number of hydrogen-bond donors (Lipinski definition) is 0. The molecule has 0 aliphatic carbocycles. The normalized spacial score (nSPS) is 17.2. The molecule has 1 fully saturated rings. The van der Waals surface area contributed by atoms with Gasteiger partial charge in [-0.1, -0.05) is 0 Å². The van der Waals surface area contributed by atoms with Gasteiger partial charge in [-0.15, -0.1) is 0 Å². The molecule has 2 heterocycles. The molecular weight excluding hydrogens is 340 g/mol. The first-order valence-corrected chi connectivity index (χ1v) is 8.56. The second kappa shape index (κ2) is 8.12. The van der Waals surface area contributed by atoms with Crippen molar-refractivity contribution in [2.75, 3.05) is 13.1 Å². The van der Waals surface area contributed by atoms with Crippen LogP contribution in [0.5, 0.6) is 0 Å². The van der Waals surface area contributed by atoms with Gasteiger partial charge in [-0.25, -0.2) is 8.78 Å². The second-order valence-electron chi connectivity index (χ2n) is 6.36. The van der Waals surface area contributed by atoms with Gasteiger partial charge in [0.05, 0.1) is 11.3 Å². The number of aryl methyl sites for hydroxylation is 1. The third-order valence-corrected chi connectivity index (χ3v) is 4.55. The largest absolute Gasteiger partial charge is 0.342 e. The minimum absolute atomic E-state index is 0.0760. The van der Waals surface area contributed by atoms with Crippen LogP contribution in [-0.4, -0.2) is 39.6 Å². The number of rotatable bonds is 5. The first-order chi connectivity index (χ1) is 12.5. The molecule has 1 amide bonds. The van der Waals surface area contributed by atoms with Crippen molar-refractivity contribution in [1.29, 1.82) is 0 Å². The summed E-state index contributed by atoms with van der Waals surface area (Å²) in [5, 5.41) is 0. The third kappa shape index (κ3) is 4.28. The average Bonchev–Trinajstić information content (AvgIpc) is 2.68. The van der Waals surface area contributed by atoms with Crippen LogP contribution in [0.1, 0.15) is 35.3 Å². The lowest BCUT2D eigenvalue weighted by atomic mass is 9.89. The van der Waals surface area contributed by atoms with Gasteiger partial charge in [0.15, 0.2) is 5.78 Å². The number of carbonyl (C=O) groups is 2. The Morgan fingerprint density at radius 3 is 2.85 bits per heavy atom. The predicted molar refractivity (Wildman–Crippen MR) is 90.3 cm³/mol. The zero-order valence-electron chi connectivity index (χ0n) is 14.2. The Kier molecular flexibility index (Phi) is 5.65. The van der Waals surface area contributed by atoms with Crippen molar-refractivity contribution >= 4 is 11.7 Å². The number of nitrogens with zero attached hydrogens (tertiary/aromatic N) is 3. The van der Waals surface area contributed by atoms with Gasteiger partial charge in [-0.2, -0.15) is 0 Å². The van der Waals surface area contributed by atoms with Crippen LogP contribution in [0.4, 0.5) is 8.78 Å². The van der Waals surface area contributed by atoms with Gasteiger partial charge >= 0.3 is 0 Å². The molecule has 7 heteroatoms. The summed E-state index contributed by atoms with van der Waals surface area (Å²) in [6, 6.07) is 2.86. The van der Waals surface area contributed by atoms with Gasteiger partial charge in [0.2, 0.25) is 5.91 Å². The molecule has 1 atom stereocenters. The van der Waals surface area contributed by atoms with E-state index in [0.29, 0.717) is 25.8 Å². The van der Waals surface area contributed by atoms with Crippen molar-refractivity contribution in [2.45, 2.75) is 25.7 Å². The first kappa shape index (κ1) is 18.1. The summed E-state index contributed by atoms with van der Waals surface area (Å²) in [6.07, 6.45) is 6.71. The molecule has 1 aromatic heterocycles. The zero-order chi connectivity index (χ0) is 18.5. The summed E-state index contributed by atoms with van der Waals surface area (Å²) in [6.45, 7) is 0.794. The van der Waals surface area contributed by atoms with Crippen LogP contribution < -0.4 is 0 Å². The number of ketones is 1. The van der Waals surface area contributed by atoms with Crippen LogP contribution in [-0.2, 0) is 11.2 Å². The van der Waals surface area contributed by atoms with E-state index in [1.54, 1.807) is 23.5 Å². The Labute approximate surface area is 150 Å². The molecule has 0 spiro atoms. The molecule has 0 unspecified atom stereocenters. The summed E-state index contributed by atoms with van der Waals surface area (Å²) in [5.41, 5.74) is 0.483. The van der Waals surface area contributed by atoms with E-state index in [1.807, 2.05) is 0 Å². The molecule has 3 rings (SSSR count). The fourth-order valence-corrected chi connectivity index (χ4v) is 3.18. The van der Waals surface area contributed by atoms with Crippen molar-refractivity contribution in [3.05, 3.63) is 59.7 Å². The van der Waals surface area contributed by atoms with Gasteiger partial charge in [0.1, 0.15) is 11.6 Å². The van der Waals surface area contributed by atoms with Gasteiger partial charge in [0.25, 0.3) is 0 Å². The molecule has 1 saturated heterocycles. The Bertz CT molecular complexity index is 799. The lowest BCUT2D eigenvalue weighted by molar-refractivity contribution is -0.132. The van der Waals surface area contributed by atoms with Crippen molar-refractivity contribution < 1.29 is 18.4 Å². The highest BCUT2D eigenvalue weighted by atomic mass is 19.1. The topological polar surface area (TPSA) is 63.2 Å². The van der Waals surface area contributed by atoms with Crippen LogP contribution in [0.15, 0.2) is 36.8 Å². The highest BCUT2D eigenvalue weighted by Gasteiger charge is 2.30. The van der Waals surface area contributed by atoms with Crippen molar-refractivity contribution in [1.82, 2.24) is 14.9 Å². The first-order valence-electron chi connectivity index (χ1n) is 8.56. The quantitative estimate of drug-likeness (QED) is 0.770. The number of hydrogen-bond acceptors (Lipinski definition) is 4. The Morgan fingerprint density at radius 2 is 2.08 bits per heavy atom. The molecule has 1 aliphatic rings. The summed E-state index contributed by atoms with van der Waals surface area (Å²) in [5.74, 6) is -2.42. The van der Waals surface area contributed by atoms with E-state index in [4.69, 9.17) is 0 Å². The number of halogens is 2. The summed E-state index contributed by atoms with van der Waals surface area (Å²) in [7, 11) is 0. The lowest BCUT2D eigenvalue weighted by Crippen LogP contribution is -2.42. The maximum Gasteiger partial charge on any atom is 0.222 e. The summed E-state index contributed by atoms with van der Waals surface area (Å²) >= 11 is 0. The van der Waals surface area contributed by atoms with E-state index in [1.165, 1.54) is 0 Å². The fourth-order valence-electron chi connectivity index (χ4n) is 3.18. The predicted octanol–water partition coefficient (Wildman–Crippen LogP) is 2.81. The molecule has 0 N–H and O–H groups in total. The molecule has 26 heavy (non-hydrogen) atoms. The van der Waals surface area contributed by atoms with Crippen molar-refractivity contribution in [2.24, 2.45) is 5.92 Å². The van der Waals surface area contributed by atoms with E-state index in [9.17, 15) is 18.4 Å². The fraction of sp³-hybridized carbons (Fsp3) is 0.368. The summed E-state index contributed by atoms with van der Waals surface area (Å²) < 4.78 is 27.2. The molecule has 0 radical (unpaired) electrons. The van der Waals surface area contributed by atoms with E-state index in [2.05, 4.69) is 9.97 Å². The molecule has 136 valence electrons. The van der Waals surface area contributed by atoms with Gasteiger partial charge in [0, 0.05) is 44.0 Å². The van der Waals surface area contributed by atoms with Crippen LogP contribution in [0.25, 0.3) is 0 Å². The standard InChI is InChI=1S/C19H19F2N3O2/c20-14-3-5-17(21)16(10-14)19(26)13-2-1-9-24(12-13)18(25)6-4-15-11-22-7-8-23-15/h3,5,7-8,10-11,13H,1-2,4,6,9,12H2/t13-/m0/s1. The van der Waals surface area contributed by atoms with E-state index >= 15 is 0 Å². The number of carbonyl (C=O) groups excluding carboxylic acids is 2. The molecular formula is C19H19F2N3O2. The molecule has 1 aliphatic heterocycles. The van der Waals surface area contributed by atoms with Crippen LogP contribution in [0, 0.1) is 17.6 Å². The number of benzene rings is 1. The average molecular weight is 359 g/mol. The van der Waals surface area contributed by atoms with E-state index in [-0.39, 0.29) is 24.4 Å². The maximum absolute atomic E-state index is 13.9. The SMILES string of the molecule is O=C(c1cc(F)ccc1F)[C@H]1CCCN(C(=O)CCc2cnccn2)C1. The maximum atomic E-state index is 13.9. The van der Waals surface area contributed by atoms with Gasteiger partial charge < -0.3 is 4.90 Å². The van der Waals surface area contributed by atoms with Gasteiger partial charge in [-0.05, 0) is 37.5 Å². The zero-order valence-corrected chi connectivity index (χ0v) is 14.2. The number of aromatic nitrogens is 2. The summed E-state index contributed by atoms with van der Waals surface area (Å²) in [4.78, 5) is 34.7. The van der Waals surface area contributed by atoms with Crippen LogP contribution in [0.3, 0.4) is 0 Å². The number of likely N-dealkylation sites (tertiary alicyclic amines) is 1. The molecule has 5 nitrogen and oxygen atoms in total. The highest BCUT2D eigenvalue weighted by molar-refractivity contribution is 5.98. The number of Topliss-reactive ketones (excluding diaryl/α,β-unsaturated/α-hetero) is 1. The molecule has 2 aromatic rings. The van der Waals surface area contributed by atoms with Crippen LogP contribution in [0.2, 0.25) is 0 Å². The smallest absolute Gasteiger partial charge is 0.222 e. The van der Waals surface area contributed by atoms with Gasteiger partial charge in [-0.3, -0.25) is 19.6 Å². The minimum atomic E-state index is -0.734. The minimum Gasteiger partial charge on any atom is -0.342 e. The molecule has 0 saturated carbocycles. The third-order valence-electron chi connectivity index (χ3n) is 4.55. The monoisotopic (exact) mass is 359 g/mol.